The van der Waals surface area contributed by atoms with Crippen molar-refractivity contribution in [2.75, 3.05) is 55.6 Å². The Bertz CT molecular complexity index is 1270. The summed E-state index contributed by atoms with van der Waals surface area (Å²) >= 11 is 0. The van der Waals surface area contributed by atoms with Crippen molar-refractivity contribution in [3.63, 3.8) is 0 Å². The van der Waals surface area contributed by atoms with Gasteiger partial charge in [0.05, 0.1) is 32.0 Å². The molecule has 5 rings (SSSR count). The van der Waals surface area contributed by atoms with Gasteiger partial charge in [0.2, 0.25) is 12.3 Å². The summed E-state index contributed by atoms with van der Waals surface area (Å²) in [4.78, 5) is 10.7. The number of morpholine rings is 1. The van der Waals surface area contributed by atoms with Crippen LogP contribution in [0.1, 0.15) is 0 Å². The zero-order valence-corrected chi connectivity index (χ0v) is 19.1. The molecule has 1 N–H and O–H groups in total. The molecule has 2 aromatic carbocycles. The van der Waals surface area contributed by atoms with Gasteiger partial charge in [-0.1, -0.05) is 4.68 Å². The minimum Gasteiger partial charge on any atom is -0.378 e. The van der Waals surface area contributed by atoms with Gasteiger partial charge in [-0.05, 0) is 53.6 Å². The lowest BCUT2D eigenvalue weighted by atomic mass is 10.1. The highest BCUT2D eigenvalue weighted by molar-refractivity contribution is 5.67. The van der Waals surface area contributed by atoms with E-state index in [4.69, 9.17) is 4.74 Å². The predicted molar refractivity (Wildman–Crippen MR) is 128 cm³/mol. The fourth-order valence-corrected chi connectivity index (χ4v) is 3.73. The molecular weight excluding hydrogens is 435 g/mol. The maximum atomic E-state index is 14.1. The van der Waals surface area contributed by atoms with Gasteiger partial charge in [-0.15, -0.1) is 4.68 Å². The summed E-state index contributed by atoms with van der Waals surface area (Å²) in [7, 11) is 3.75. The fraction of sp³-hybridized carbons (Fsp3) is 0.250. The lowest BCUT2D eigenvalue weighted by Gasteiger charge is -2.23. The topological polar surface area (TPSA) is 75.2 Å². The highest BCUT2D eigenvalue weighted by Crippen LogP contribution is 2.25. The summed E-state index contributed by atoms with van der Waals surface area (Å²) in [5.74, 6) is 0.128. The van der Waals surface area contributed by atoms with Crippen molar-refractivity contribution in [1.29, 1.82) is 0 Å². The summed E-state index contributed by atoms with van der Waals surface area (Å²) < 4.78 is 23.3. The van der Waals surface area contributed by atoms with Gasteiger partial charge in [0.25, 0.3) is 6.33 Å². The van der Waals surface area contributed by atoms with Crippen molar-refractivity contribution in [1.82, 2.24) is 19.7 Å². The molecule has 0 atom stereocenters. The zero-order chi connectivity index (χ0) is 23.5. The number of anilines is 3. The highest BCUT2D eigenvalue weighted by Gasteiger charge is 2.18. The lowest BCUT2D eigenvalue weighted by Crippen LogP contribution is -2.44. The van der Waals surface area contributed by atoms with Gasteiger partial charge in [-0.2, -0.15) is 0 Å². The Hall–Kier alpha value is -4.05. The van der Waals surface area contributed by atoms with Crippen molar-refractivity contribution < 1.29 is 13.8 Å². The van der Waals surface area contributed by atoms with E-state index in [-0.39, 0.29) is 5.82 Å². The number of hydrogen-bond acceptors (Lipinski definition) is 7. The Labute approximate surface area is 197 Å². The molecule has 4 aromatic rings. The maximum absolute atomic E-state index is 14.1. The van der Waals surface area contributed by atoms with Crippen LogP contribution in [-0.2, 0) is 4.74 Å². The smallest absolute Gasteiger partial charge is 0.295 e. The second kappa shape index (κ2) is 9.44. The molecule has 0 bridgehead atoms. The van der Waals surface area contributed by atoms with Crippen LogP contribution in [-0.4, -0.2) is 60.1 Å². The molecule has 3 heterocycles. The number of ether oxygens (including phenoxy) is 1. The normalized spacial score (nSPS) is 13.7. The Morgan fingerprint density at radius 2 is 1.85 bits per heavy atom. The number of hydrogen-bond donors (Lipinski definition) is 1. The first-order chi connectivity index (χ1) is 16.5. The predicted octanol–water partition coefficient (Wildman–Crippen LogP) is 2.53. The summed E-state index contributed by atoms with van der Waals surface area (Å²) in [5, 5.41) is 9.87. The molecule has 0 saturated carbocycles. The molecule has 0 radical (unpaired) electrons. The van der Waals surface area contributed by atoms with E-state index in [9.17, 15) is 4.39 Å². The van der Waals surface area contributed by atoms with Crippen molar-refractivity contribution >= 4 is 17.3 Å². The van der Waals surface area contributed by atoms with E-state index in [0.29, 0.717) is 17.2 Å². The molecule has 1 fully saturated rings. The third-order valence-electron chi connectivity index (χ3n) is 5.57. The molecule has 0 amide bonds. The van der Waals surface area contributed by atoms with Crippen LogP contribution in [0.2, 0.25) is 0 Å². The molecule has 10 heteroatoms. The maximum Gasteiger partial charge on any atom is 0.295 e. The van der Waals surface area contributed by atoms with Crippen LogP contribution in [0.5, 0.6) is 0 Å². The van der Waals surface area contributed by atoms with Crippen molar-refractivity contribution in [3.8, 4) is 16.9 Å². The molecular formula is C24H26FN8O+. The molecule has 174 valence electrons. The van der Waals surface area contributed by atoms with Crippen molar-refractivity contribution in [3.05, 3.63) is 73.2 Å². The van der Waals surface area contributed by atoms with Gasteiger partial charge < -0.3 is 15.0 Å². The number of benzene rings is 2. The summed E-state index contributed by atoms with van der Waals surface area (Å²) in [6, 6.07) is 14.5. The van der Waals surface area contributed by atoms with E-state index in [1.54, 1.807) is 18.6 Å². The molecule has 1 saturated heterocycles. The minimum atomic E-state index is -0.307. The van der Waals surface area contributed by atoms with E-state index in [1.165, 1.54) is 12.1 Å². The van der Waals surface area contributed by atoms with E-state index < -0.39 is 0 Å². The largest absolute Gasteiger partial charge is 0.378 e. The number of rotatable bonds is 6. The molecule has 1 aliphatic rings. The van der Waals surface area contributed by atoms with Crippen LogP contribution in [0.25, 0.3) is 16.9 Å². The van der Waals surface area contributed by atoms with E-state index >= 15 is 0 Å². The van der Waals surface area contributed by atoms with Gasteiger partial charge >= 0.3 is 0 Å². The van der Waals surface area contributed by atoms with Crippen LogP contribution >= 0.6 is 0 Å². The number of nitrogens with zero attached hydrogens (tertiary/aromatic N) is 7. The SMILES string of the molecule is CN(C)c1cc(F)cc(-c2ccnc(Nc3ccc(-[n+]4cn(N5CCOCC5)cn4)cc3)n2)c1. The minimum absolute atomic E-state index is 0.307. The lowest BCUT2D eigenvalue weighted by molar-refractivity contribution is -0.657. The zero-order valence-electron chi connectivity index (χ0n) is 19.1. The number of halogens is 1. The Balaban J connectivity index is 1.31. The standard InChI is InChI=1S/C24H26FN8O/c1-30(2)22-14-18(13-19(25)15-22)23-7-8-26-24(29-23)28-20-3-5-21(6-4-20)33-17-32(16-27-33)31-9-11-34-12-10-31/h3-8,13-17H,9-12H2,1-2H3,(H,26,28,29)/q+1. The number of nitrogens with one attached hydrogen (secondary N) is 1. The van der Waals surface area contributed by atoms with Gasteiger partial charge in [0.1, 0.15) is 5.82 Å². The second-order valence-corrected chi connectivity index (χ2v) is 8.17. The van der Waals surface area contributed by atoms with Crippen molar-refractivity contribution in [2.45, 2.75) is 0 Å². The van der Waals surface area contributed by atoms with Gasteiger partial charge in [0, 0.05) is 37.2 Å². The Morgan fingerprint density at radius 1 is 1.06 bits per heavy atom. The summed E-state index contributed by atoms with van der Waals surface area (Å²) in [5.41, 5.74) is 3.87. The molecule has 1 aliphatic heterocycles. The van der Waals surface area contributed by atoms with E-state index in [2.05, 4.69) is 25.4 Å². The molecule has 9 nitrogen and oxygen atoms in total. The van der Waals surface area contributed by atoms with E-state index in [1.807, 2.05) is 65.0 Å². The first kappa shape index (κ1) is 21.8. The molecule has 0 aliphatic carbocycles. The average molecular weight is 462 g/mol. The van der Waals surface area contributed by atoms with Gasteiger partial charge in [0.15, 0.2) is 5.69 Å². The summed E-state index contributed by atoms with van der Waals surface area (Å²) in [6.45, 7) is 3.12. The fourth-order valence-electron chi connectivity index (χ4n) is 3.73. The Morgan fingerprint density at radius 3 is 2.62 bits per heavy atom. The molecule has 2 aromatic heterocycles. The van der Waals surface area contributed by atoms with Crippen LogP contribution in [0, 0.1) is 5.82 Å². The highest BCUT2D eigenvalue weighted by atomic mass is 19.1. The monoisotopic (exact) mass is 461 g/mol. The second-order valence-electron chi connectivity index (χ2n) is 8.17. The van der Waals surface area contributed by atoms with Crippen LogP contribution in [0.3, 0.4) is 0 Å². The van der Waals surface area contributed by atoms with Crippen molar-refractivity contribution in [2.24, 2.45) is 0 Å². The first-order valence-electron chi connectivity index (χ1n) is 11.0. The van der Waals surface area contributed by atoms with Crippen LogP contribution in [0.4, 0.5) is 21.7 Å². The van der Waals surface area contributed by atoms with Gasteiger partial charge in [-0.3, -0.25) is 0 Å². The first-order valence-corrected chi connectivity index (χ1v) is 11.0. The quantitative estimate of drug-likeness (QED) is 0.442. The Kier molecular flexibility index (Phi) is 6.05. The van der Waals surface area contributed by atoms with E-state index in [0.717, 1.165) is 43.4 Å². The molecule has 0 spiro atoms. The van der Waals surface area contributed by atoms with Gasteiger partial charge in [-0.25, -0.2) is 19.4 Å². The summed E-state index contributed by atoms with van der Waals surface area (Å²) in [6.07, 6.45) is 5.40. The van der Waals surface area contributed by atoms with Crippen LogP contribution < -0.4 is 19.9 Å². The number of aromatic nitrogens is 5. The molecule has 0 unspecified atom stereocenters. The average Bonchev–Trinajstić information content (AvgIpc) is 3.35. The van der Waals surface area contributed by atoms with Crippen LogP contribution in [0.15, 0.2) is 67.4 Å². The third-order valence-corrected chi connectivity index (χ3v) is 5.57. The molecule has 34 heavy (non-hydrogen) atoms. The third kappa shape index (κ3) is 4.81.